The van der Waals surface area contributed by atoms with E-state index in [4.69, 9.17) is 0 Å². The second kappa shape index (κ2) is 2.26. The van der Waals surface area contributed by atoms with Crippen LogP contribution < -0.4 is 0 Å². The van der Waals surface area contributed by atoms with Gasteiger partial charge < -0.3 is 0 Å². The molecule has 0 N–H and O–H groups in total. The normalized spacial score (nSPS) is 23.6. The Bertz CT molecular complexity index is 172. The molecule has 0 nitrogen and oxygen atoms in total. The summed E-state index contributed by atoms with van der Waals surface area (Å²) in [7, 11) is 0. The van der Waals surface area contributed by atoms with Crippen LogP contribution in [-0.4, -0.2) is 0 Å². The summed E-state index contributed by atoms with van der Waals surface area (Å²) in [6.45, 7) is 8.91. The molecule has 10 heavy (non-hydrogen) atoms. The van der Waals surface area contributed by atoms with Crippen molar-refractivity contribution in [2.75, 3.05) is 0 Å². The van der Waals surface area contributed by atoms with Crippen molar-refractivity contribution in [2.24, 2.45) is 5.41 Å². The average Bonchev–Trinajstić information content (AvgIpc) is 1.54. The Kier molecular flexibility index (Phi) is 1.72. The molecule has 0 spiro atoms. The lowest BCUT2D eigenvalue weighted by molar-refractivity contribution is 0.599. The van der Waals surface area contributed by atoms with Gasteiger partial charge in [0.25, 0.3) is 0 Å². The van der Waals surface area contributed by atoms with Crippen LogP contribution in [0.4, 0.5) is 0 Å². The highest BCUT2D eigenvalue weighted by Gasteiger charge is 2.15. The second-order valence-corrected chi connectivity index (χ2v) is 3.98. The molecule has 0 heteroatoms. The van der Waals surface area contributed by atoms with Crippen LogP contribution in [-0.2, 0) is 0 Å². The minimum atomic E-state index is 0.298. The van der Waals surface area contributed by atoms with E-state index in [0.29, 0.717) is 5.41 Å². The summed E-state index contributed by atoms with van der Waals surface area (Å²) >= 11 is 0. The topological polar surface area (TPSA) is 0 Å². The van der Waals surface area contributed by atoms with Gasteiger partial charge in [-0.2, -0.15) is 0 Å². The highest BCUT2D eigenvalue weighted by molar-refractivity contribution is 5.25. The third-order valence-electron chi connectivity index (χ3n) is 1.79. The maximum Gasteiger partial charge on any atom is 0.000977 e. The zero-order valence-corrected chi connectivity index (χ0v) is 7.36. The zero-order valence-electron chi connectivity index (χ0n) is 7.36. The molecule has 1 aliphatic carbocycles. The van der Waals surface area contributed by atoms with Crippen LogP contribution in [0, 0.1) is 5.41 Å². The van der Waals surface area contributed by atoms with Gasteiger partial charge in [-0.25, -0.2) is 0 Å². The number of hydrogen-bond acceptors (Lipinski definition) is 0. The molecule has 0 aromatic heterocycles. The van der Waals surface area contributed by atoms with Gasteiger partial charge in [0.2, 0.25) is 0 Å². The summed E-state index contributed by atoms with van der Waals surface area (Å²) in [5, 5.41) is 0. The van der Waals surface area contributed by atoms with E-state index in [0.717, 1.165) is 0 Å². The maximum absolute atomic E-state index is 2.35. The standard InChI is InChI=1S/C10H16/c1-8-5-9(2)7-10(3,4)6-8/h6-7H,5H2,1-4H3. The Morgan fingerprint density at radius 2 is 1.50 bits per heavy atom. The Balaban J connectivity index is 2.88. The molecule has 0 unspecified atom stereocenters. The zero-order chi connectivity index (χ0) is 7.78. The molecule has 0 saturated heterocycles. The first-order valence-electron chi connectivity index (χ1n) is 3.86. The minimum Gasteiger partial charge on any atom is -0.0758 e. The predicted molar refractivity (Wildman–Crippen MR) is 45.9 cm³/mol. The summed E-state index contributed by atoms with van der Waals surface area (Å²) in [5.41, 5.74) is 3.31. The lowest BCUT2D eigenvalue weighted by Crippen LogP contribution is -2.08. The summed E-state index contributed by atoms with van der Waals surface area (Å²) < 4.78 is 0. The van der Waals surface area contributed by atoms with Crippen LogP contribution >= 0.6 is 0 Å². The second-order valence-electron chi connectivity index (χ2n) is 3.98. The average molecular weight is 136 g/mol. The summed E-state index contributed by atoms with van der Waals surface area (Å²) in [6, 6.07) is 0. The third kappa shape index (κ3) is 1.73. The summed E-state index contributed by atoms with van der Waals surface area (Å²) in [6.07, 6.45) is 5.86. The molecule has 0 atom stereocenters. The van der Waals surface area contributed by atoms with Crippen molar-refractivity contribution in [2.45, 2.75) is 34.1 Å². The van der Waals surface area contributed by atoms with E-state index < -0.39 is 0 Å². The summed E-state index contributed by atoms with van der Waals surface area (Å²) in [5.74, 6) is 0. The van der Waals surface area contributed by atoms with E-state index in [1.165, 1.54) is 17.6 Å². The lowest BCUT2D eigenvalue weighted by atomic mass is 9.83. The van der Waals surface area contributed by atoms with Gasteiger partial charge in [-0.1, -0.05) is 37.1 Å². The van der Waals surface area contributed by atoms with Gasteiger partial charge in [-0.15, -0.1) is 0 Å². The molecule has 56 valence electrons. The summed E-state index contributed by atoms with van der Waals surface area (Å²) in [4.78, 5) is 0. The van der Waals surface area contributed by atoms with Crippen LogP contribution in [0.15, 0.2) is 23.3 Å². The lowest BCUT2D eigenvalue weighted by Gasteiger charge is -2.23. The molecule has 0 radical (unpaired) electrons. The Morgan fingerprint density at radius 1 is 1.10 bits per heavy atom. The molecule has 1 rings (SSSR count). The number of allylic oxidation sites excluding steroid dienone is 4. The van der Waals surface area contributed by atoms with Gasteiger partial charge in [0.1, 0.15) is 0 Å². The predicted octanol–water partition coefficient (Wildman–Crippen LogP) is 3.31. The maximum atomic E-state index is 2.35. The van der Waals surface area contributed by atoms with E-state index in [1.54, 1.807) is 0 Å². The monoisotopic (exact) mass is 136 g/mol. The van der Waals surface area contributed by atoms with Crippen LogP contribution in [0.3, 0.4) is 0 Å². The number of rotatable bonds is 0. The molecule has 0 bridgehead atoms. The van der Waals surface area contributed by atoms with Crippen molar-refractivity contribution in [3.8, 4) is 0 Å². The van der Waals surface area contributed by atoms with Crippen molar-refractivity contribution in [3.63, 3.8) is 0 Å². The molecule has 0 aromatic rings. The first-order valence-corrected chi connectivity index (χ1v) is 3.86. The Labute approximate surface area is 63.6 Å². The van der Waals surface area contributed by atoms with E-state index in [-0.39, 0.29) is 0 Å². The molecule has 0 saturated carbocycles. The van der Waals surface area contributed by atoms with E-state index in [1.807, 2.05) is 0 Å². The third-order valence-corrected chi connectivity index (χ3v) is 1.79. The quantitative estimate of drug-likeness (QED) is 0.448. The SMILES string of the molecule is CC1=CC(C)(C)C=C(C)C1. The van der Waals surface area contributed by atoms with Crippen LogP contribution in [0.25, 0.3) is 0 Å². The van der Waals surface area contributed by atoms with Gasteiger partial charge >= 0.3 is 0 Å². The molecule has 0 heterocycles. The number of hydrogen-bond donors (Lipinski definition) is 0. The molecular weight excluding hydrogens is 120 g/mol. The van der Waals surface area contributed by atoms with Crippen molar-refractivity contribution in [1.82, 2.24) is 0 Å². The molecule has 0 aliphatic heterocycles. The van der Waals surface area contributed by atoms with Gasteiger partial charge in [0, 0.05) is 5.41 Å². The van der Waals surface area contributed by atoms with E-state index >= 15 is 0 Å². The van der Waals surface area contributed by atoms with Crippen molar-refractivity contribution in [1.29, 1.82) is 0 Å². The van der Waals surface area contributed by atoms with Crippen LogP contribution in [0.5, 0.6) is 0 Å². The van der Waals surface area contributed by atoms with Gasteiger partial charge in [0.05, 0.1) is 0 Å². The van der Waals surface area contributed by atoms with Crippen molar-refractivity contribution in [3.05, 3.63) is 23.3 Å². The minimum absolute atomic E-state index is 0.298. The first kappa shape index (κ1) is 7.59. The molecule has 1 aliphatic rings. The highest BCUT2D eigenvalue weighted by Crippen LogP contribution is 2.30. The van der Waals surface area contributed by atoms with Crippen LogP contribution in [0.1, 0.15) is 34.1 Å². The van der Waals surface area contributed by atoms with Gasteiger partial charge in [-0.3, -0.25) is 0 Å². The molecular formula is C10H16. The van der Waals surface area contributed by atoms with Crippen molar-refractivity contribution >= 4 is 0 Å². The van der Waals surface area contributed by atoms with Crippen molar-refractivity contribution < 1.29 is 0 Å². The molecule has 0 aromatic carbocycles. The molecule has 0 fully saturated rings. The van der Waals surface area contributed by atoms with E-state index in [2.05, 4.69) is 39.8 Å². The van der Waals surface area contributed by atoms with Gasteiger partial charge in [-0.05, 0) is 20.3 Å². The highest BCUT2D eigenvalue weighted by atomic mass is 14.2. The largest absolute Gasteiger partial charge is 0.0758 e. The van der Waals surface area contributed by atoms with E-state index in [9.17, 15) is 0 Å². The Morgan fingerprint density at radius 3 is 1.80 bits per heavy atom. The smallest absolute Gasteiger partial charge is 0.000977 e. The fourth-order valence-electron chi connectivity index (χ4n) is 1.85. The fraction of sp³-hybridized carbons (Fsp3) is 0.600. The fourth-order valence-corrected chi connectivity index (χ4v) is 1.85. The Hall–Kier alpha value is -0.520. The van der Waals surface area contributed by atoms with Crippen LogP contribution in [0.2, 0.25) is 0 Å². The van der Waals surface area contributed by atoms with Gasteiger partial charge in [0.15, 0.2) is 0 Å². The first-order chi connectivity index (χ1) is 4.49. The molecule has 0 amide bonds.